The number of aromatic nitrogens is 2. The molecule has 1 aliphatic carbocycles. The van der Waals surface area contributed by atoms with E-state index in [0.717, 1.165) is 18.1 Å². The van der Waals surface area contributed by atoms with Crippen LogP contribution in [-0.2, 0) is 0 Å². The molecule has 0 atom stereocenters. The molecule has 1 fully saturated rings. The molecule has 4 heteroatoms. The van der Waals surface area contributed by atoms with Gasteiger partial charge in [-0.05, 0) is 31.6 Å². The smallest absolute Gasteiger partial charge is 0.222 e. The van der Waals surface area contributed by atoms with Gasteiger partial charge in [0.25, 0.3) is 0 Å². The number of rotatable bonds is 4. The topological polar surface area (TPSA) is 63.8 Å². The van der Waals surface area contributed by atoms with Crippen molar-refractivity contribution in [2.75, 3.05) is 17.6 Å². The molecule has 0 bridgehead atoms. The van der Waals surface area contributed by atoms with Crippen molar-refractivity contribution in [1.29, 1.82) is 0 Å². The number of hydrogen-bond donors (Lipinski definition) is 2. The zero-order chi connectivity index (χ0) is 12.3. The van der Waals surface area contributed by atoms with Crippen LogP contribution in [0.4, 0.5) is 11.8 Å². The molecule has 4 nitrogen and oxygen atoms in total. The SMILES string of the molecule is CCC1(CNc2cc(C)nc(N)n2)CCCC1. The number of nitrogens with two attached hydrogens (primary N) is 1. The molecule has 3 N–H and O–H groups in total. The summed E-state index contributed by atoms with van der Waals surface area (Å²) < 4.78 is 0. The van der Waals surface area contributed by atoms with Gasteiger partial charge in [-0.3, -0.25) is 0 Å². The Morgan fingerprint density at radius 1 is 1.35 bits per heavy atom. The minimum absolute atomic E-state index is 0.351. The van der Waals surface area contributed by atoms with E-state index in [1.165, 1.54) is 32.1 Å². The van der Waals surface area contributed by atoms with Crippen molar-refractivity contribution in [1.82, 2.24) is 9.97 Å². The average molecular weight is 234 g/mol. The summed E-state index contributed by atoms with van der Waals surface area (Å²) >= 11 is 0. The molecule has 2 rings (SSSR count). The van der Waals surface area contributed by atoms with Crippen LogP contribution in [0.15, 0.2) is 6.07 Å². The summed E-state index contributed by atoms with van der Waals surface area (Å²) in [7, 11) is 0. The Morgan fingerprint density at radius 2 is 2.06 bits per heavy atom. The van der Waals surface area contributed by atoms with Crippen LogP contribution in [0.2, 0.25) is 0 Å². The Morgan fingerprint density at radius 3 is 2.65 bits per heavy atom. The van der Waals surface area contributed by atoms with Crippen LogP contribution in [-0.4, -0.2) is 16.5 Å². The molecule has 1 aromatic rings. The van der Waals surface area contributed by atoms with Crippen molar-refractivity contribution < 1.29 is 0 Å². The molecule has 0 radical (unpaired) electrons. The van der Waals surface area contributed by atoms with Crippen LogP contribution in [0.5, 0.6) is 0 Å². The van der Waals surface area contributed by atoms with E-state index in [9.17, 15) is 0 Å². The van der Waals surface area contributed by atoms with Crippen molar-refractivity contribution >= 4 is 11.8 Å². The lowest BCUT2D eigenvalue weighted by atomic mass is 9.83. The molecule has 0 aromatic carbocycles. The first-order chi connectivity index (χ1) is 8.13. The standard InChI is InChI=1S/C13H22N4/c1-3-13(6-4-5-7-13)9-15-11-8-10(2)16-12(14)17-11/h8H,3-7,9H2,1-2H3,(H3,14,15,16,17). The van der Waals surface area contributed by atoms with Gasteiger partial charge in [-0.1, -0.05) is 19.8 Å². The number of hydrogen-bond acceptors (Lipinski definition) is 4. The maximum atomic E-state index is 5.65. The summed E-state index contributed by atoms with van der Waals surface area (Å²) in [5.41, 5.74) is 7.03. The highest BCUT2D eigenvalue weighted by Crippen LogP contribution is 2.40. The molecule has 0 saturated heterocycles. The van der Waals surface area contributed by atoms with Gasteiger partial charge in [0, 0.05) is 18.3 Å². The maximum absolute atomic E-state index is 5.65. The number of nitrogen functional groups attached to an aromatic ring is 1. The average Bonchev–Trinajstić information content (AvgIpc) is 2.74. The molecule has 1 saturated carbocycles. The van der Waals surface area contributed by atoms with Gasteiger partial charge >= 0.3 is 0 Å². The summed E-state index contributed by atoms with van der Waals surface area (Å²) in [6, 6.07) is 1.95. The predicted octanol–water partition coefficient (Wildman–Crippen LogP) is 2.75. The molecular weight excluding hydrogens is 212 g/mol. The molecular formula is C13H22N4. The Balaban J connectivity index is 2.01. The predicted molar refractivity (Wildman–Crippen MR) is 70.9 cm³/mol. The van der Waals surface area contributed by atoms with Crippen molar-refractivity contribution in [3.05, 3.63) is 11.8 Å². The fourth-order valence-electron chi connectivity index (χ4n) is 2.74. The number of anilines is 2. The highest BCUT2D eigenvalue weighted by molar-refractivity contribution is 5.40. The van der Waals surface area contributed by atoms with Crippen LogP contribution in [0.3, 0.4) is 0 Å². The monoisotopic (exact) mass is 234 g/mol. The van der Waals surface area contributed by atoms with Gasteiger partial charge < -0.3 is 11.1 Å². The van der Waals surface area contributed by atoms with Crippen LogP contribution in [0, 0.1) is 12.3 Å². The van der Waals surface area contributed by atoms with E-state index in [4.69, 9.17) is 5.73 Å². The second kappa shape index (κ2) is 4.90. The lowest BCUT2D eigenvalue weighted by Crippen LogP contribution is -2.26. The number of nitrogens with zero attached hydrogens (tertiary/aromatic N) is 2. The summed E-state index contributed by atoms with van der Waals surface area (Å²) in [5.74, 6) is 1.21. The van der Waals surface area contributed by atoms with Crippen LogP contribution in [0.1, 0.15) is 44.7 Å². The van der Waals surface area contributed by atoms with Crippen LogP contribution in [0.25, 0.3) is 0 Å². The lowest BCUT2D eigenvalue weighted by molar-refractivity contribution is 0.306. The van der Waals surface area contributed by atoms with Gasteiger partial charge in [0.1, 0.15) is 5.82 Å². The molecule has 0 aliphatic heterocycles. The third-order valence-electron chi connectivity index (χ3n) is 3.93. The Bertz CT molecular complexity index is 363. The second-order valence-corrected chi connectivity index (χ2v) is 5.17. The molecule has 1 aromatic heterocycles. The van der Waals surface area contributed by atoms with Crippen molar-refractivity contribution in [3.8, 4) is 0 Å². The first kappa shape index (κ1) is 12.1. The molecule has 17 heavy (non-hydrogen) atoms. The van der Waals surface area contributed by atoms with Crippen molar-refractivity contribution in [3.63, 3.8) is 0 Å². The molecule has 1 heterocycles. The third-order valence-corrected chi connectivity index (χ3v) is 3.93. The Kier molecular flexibility index (Phi) is 3.50. The Labute approximate surface area is 103 Å². The highest BCUT2D eigenvalue weighted by atomic mass is 15.1. The minimum Gasteiger partial charge on any atom is -0.369 e. The van der Waals surface area contributed by atoms with Gasteiger partial charge in [0.15, 0.2) is 0 Å². The van der Waals surface area contributed by atoms with E-state index in [2.05, 4.69) is 22.2 Å². The molecule has 1 aliphatic rings. The fraction of sp³-hybridized carbons (Fsp3) is 0.692. The van der Waals surface area contributed by atoms with E-state index < -0.39 is 0 Å². The maximum Gasteiger partial charge on any atom is 0.222 e. The van der Waals surface area contributed by atoms with Gasteiger partial charge in [0.05, 0.1) is 0 Å². The van der Waals surface area contributed by atoms with Gasteiger partial charge in [0.2, 0.25) is 5.95 Å². The second-order valence-electron chi connectivity index (χ2n) is 5.17. The lowest BCUT2D eigenvalue weighted by Gasteiger charge is -2.27. The largest absolute Gasteiger partial charge is 0.369 e. The van der Waals surface area contributed by atoms with Crippen molar-refractivity contribution in [2.24, 2.45) is 5.41 Å². The van der Waals surface area contributed by atoms with E-state index in [-0.39, 0.29) is 0 Å². The fourth-order valence-corrected chi connectivity index (χ4v) is 2.74. The zero-order valence-corrected chi connectivity index (χ0v) is 10.8. The summed E-state index contributed by atoms with van der Waals surface area (Å²) in [5, 5.41) is 3.43. The van der Waals surface area contributed by atoms with E-state index in [0.29, 0.717) is 11.4 Å². The van der Waals surface area contributed by atoms with Crippen LogP contribution >= 0.6 is 0 Å². The zero-order valence-electron chi connectivity index (χ0n) is 10.8. The van der Waals surface area contributed by atoms with Crippen LogP contribution < -0.4 is 11.1 Å². The minimum atomic E-state index is 0.351. The van der Waals surface area contributed by atoms with Gasteiger partial charge in [-0.25, -0.2) is 4.98 Å². The molecule has 0 amide bonds. The van der Waals surface area contributed by atoms with Gasteiger partial charge in [-0.2, -0.15) is 4.98 Å². The normalized spacial score (nSPS) is 18.2. The van der Waals surface area contributed by atoms with Gasteiger partial charge in [-0.15, -0.1) is 0 Å². The molecule has 94 valence electrons. The quantitative estimate of drug-likeness (QED) is 0.840. The first-order valence-electron chi connectivity index (χ1n) is 6.49. The molecule has 0 unspecified atom stereocenters. The third kappa shape index (κ3) is 2.87. The van der Waals surface area contributed by atoms with Crippen molar-refractivity contribution in [2.45, 2.75) is 46.0 Å². The Hall–Kier alpha value is -1.32. The summed E-state index contributed by atoms with van der Waals surface area (Å²) in [6.45, 7) is 5.22. The van der Waals surface area contributed by atoms with E-state index in [1.54, 1.807) is 0 Å². The number of nitrogens with one attached hydrogen (secondary N) is 1. The highest BCUT2D eigenvalue weighted by Gasteiger charge is 2.31. The summed E-state index contributed by atoms with van der Waals surface area (Å²) in [6.07, 6.45) is 6.62. The number of aryl methyl sites for hydroxylation is 1. The van der Waals surface area contributed by atoms with E-state index in [1.807, 2.05) is 13.0 Å². The first-order valence-corrected chi connectivity index (χ1v) is 6.49. The van der Waals surface area contributed by atoms with E-state index >= 15 is 0 Å². The summed E-state index contributed by atoms with van der Waals surface area (Å²) in [4.78, 5) is 8.29. The molecule has 0 spiro atoms.